The SMILES string of the molecule is CNCCC1CCN(Cc2ccn(C(C)C)n2)CC1.Cl. The molecule has 0 unspecified atom stereocenters. The molecule has 1 aliphatic rings. The molecule has 0 amide bonds. The lowest BCUT2D eigenvalue weighted by Crippen LogP contribution is -2.34. The third-order valence-corrected chi connectivity index (χ3v) is 4.09. The first-order valence-electron chi connectivity index (χ1n) is 7.60. The minimum absolute atomic E-state index is 0. The highest BCUT2D eigenvalue weighted by atomic mass is 35.5. The van der Waals surface area contributed by atoms with E-state index in [2.05, 4.69) is 46.1 Å². The van der Waals surface area contributed by atoms with Gasteiger partial charge in [0.2, 0.25) is 0 Å². The molecule has 1 N–H and O–H groups in total. The van der Waals surface area contributed by atoms with Gasteiger partial charge in [0.15, 0.2) is 0 Å². The molecule has 0 saturated carbocycles. The summed E-state index contributed by atoms with van der Waals surface area (Å²) in [7, 11) is 2.04. The Hall–Kier alpha value is -0.580. The van der Waals surface area contributed by atoms with Gasteiger partial charge in [-0.25, -0.2) is 0 Å². The zero-order valence-corrected chi connectivity index (χ0v) is 13.8. The van der Waals surface area contributed by atoms with Crippen LogP contribution in [0.15, 0.2) is 12.3 Å². The third kappa shape index (κ3) is 5.08. The van der Waals surface area contributed by atoms with Crippen LogP contribution in [0.3, 0.4) is 0 Å². The van der Waals surface area contributed by atoms with Gasteiger partial charge in [-0.1, -0.05) is 0 Å². The van der Waals surface area contributed by atoms with Gasteiger partial charge in [-0.3, -0.25) is 9.58 Å². The molecular weight excluding hydrogens is 272 g/mol. The highest BCUT2D eigenvalue weighted by Gasteiger charge is 2.19. The fourth-order valence-electron chi connectivity index (χ4n) is 2.76. The highest BCUT2D eigenvalue weighted by Crippen LogP contribution is 2.21. The molecular formula is C15H29ClN4. The van der Waals surface area contributed by atoms with Crippen molar-refractivity contribution >= 4 is 12.4 Å². The van der Waals surface area contributed by atoms with Gasteiger partial charge in [0.25, 0.3) is 0 Å². The number of likely N-dealkylation sites (tertiary alicyclic amines) is 1. The Morgan fingerprint density at radius 3 is 2.60 bits per heavy atom. The molecule has 1 aromatic rings. The number of hydrogen-bond donors (Lipinski definition) is 1. The van der Waals surface area contributed by atoms with Crippen molar-refractivity contribution in [2.45, 2.75) is 45.7 Å². The molecule has 1 aliphatic heterocycles. The van der Waals surface area contributed by atoms with Crippen molar-refractivity contribution in [1.82, 2.24) is 20.0 Å². The number of halogens is 1. The zero-order chi connectivity index (χ0) is 13.7. The Labute approximate surface area is 129 Å². The lowest BCUT2D eigenvalue weighted by Gasteiger charge is -2.31. The van der Waals surface area contributed by atoms with E-state index in [1.165, 1.54) is 38.0 Å². The lowest BCUT2D eigenvalue weighted by atomic mass is 9.93. The van der Waals surface area contributed by atoms with Gasteiger partial charge >= 0.3 is 0 Å². The smallest absolute Gasteiger partial charge is 0.0764 e. The van der Waals surface area contributed by atoms with Crippen molar-refractivity contribution in [2.24, 2.45) is 5.92 Å². The first-order chi connectivity index (χ1) is 9.19. The highest BCUT2D eigenvalue weighted by molar-refractivity contribution is 5.85. The Balaban J connectivity index is 0.00000200. The molecule has 5 heteroatoms. The van der Waals surface area contributed by atoms with Gasteiger partial charge < -0.3 is 5.32 Å². The molecule has 0 bridgehead atoms. The molecule has 2 heterocycles. The van der Waals surface area contributed by atoms with E-state index in [0.29, 0.717) is 6.04 Å². The molecule has 1 aromatic heterocycles. The second kappa shape index (κ2) is 8.65. The van der Waals surface area contributed by atoms with Gasteiger partial charge in [0.1, 0.15) is 0 Å². The molecule has 4 nitrogen and oxygen atoms in total. The maximum Gasteiger partial charge on any atom is 0.0764 e. The second-order valence-electron chi connectivity index (χ2n) is 5.99. The summed E-state index contributed by atoms with van der Waals surface area (Å²) >= 11 is 0. The first-order valence-corrected chi connectivity index (χ1v) is 7.60. The van der Waals surface area contributed by atoms with Gasteiger partial charge in [-0.05, 0) is 71.8 Å². The third-order valence-electron chi connectivity index (χ3n) is 4.09. The number of rotatable bonds is 6. The van der Waals surface area contributed by atoms with Crippen molar-refractivity contribution in [3.05, 3.63) is 18.0 Å². The van der Waals surface area contributed by atoms with E-state index in [9.17, 15) is 0 Å². The van der Waals surface area contributed by atoms with Crippen LogP contribution in [0.4, 0.5) is 0 Å². The molecule has 0 aliphatic carbocycles. The molecule has 1 fully saturated rings. The van der Waals surface area contributed by atoms with E-state index in [1.807, 2.05) is 7.05 Å². The van der Waals surface area contributed by atoms with Crippen LogP contribution in [-0.4, -0.2) is 41.4 Å². The van der Waals surface area contributed by atoms with E-state index in [0.717, 1.165) is 19.0 Å². The van der Waals surface area contributed by atoms with Crippen molar-refractivity contribution < 1.29 is 0 Å². The molecule has 0 atom stereocenters. The molecule has 0 radical (unpaired) electrons. The maximum atomic E-state index is 4.64. The predicted molar refractivity (Wildman–Crippen MR) is 86.4 cm³/mol. The van der Waals surface area contributed by atoms with Crippen LogP contribution in [0.5, 0.6) is 0 Å². The van der Waals surface area contributed by atoms with E-state index >= 15 is 0 Å². The maximum absolute atomic E-state index is 4.64. The Morgan fingerprint density at radius 1 is 1.35 bits per heavy atom. The number of nitrogens with one attached hydrogen (secondary N) is 1. The number of aromatic nitrogens is 2. The summed E-state index contributed by atoms with van der Waals surface area (Å²) in [6.07, 6.45) is 6.10. The summed E-state index contributed by atoms with van der Waals surface area (Å²) in [5.74, 6) is 0.914. The van der Waals surface area contributed by atoms with Crippen LogP contribution < -0.4 is 5.32 Å². The van der Waals surface area contributed by atoms with E-state index in [-0.39, 0.29) is 12.4 Å². The summed E-state index contributed by atoms with van der Waals surface area (Å²) in [5, 5.41) is 7.89. The summed E-state index contributed by atoms with van der Waals surface area (Å²) in [4.78, 5) is 2.54. The topological polar surface area (TPSA) is 33.1 Å². The monoisotopic (exact) mass is 300 g/mol. The predicted octanol–water partition coefficient (Wildman–Crippen LogP) is 2.71. The summed E-state index contributed by atoms with van der Waals surface area (Å²) in [5.41, 5.74) is 1.21. The fourth-order valence-corrected chi connectivity index (χ4v) is 2.76. The van der Waals surface area contributed by atoms with Crippen LogP contribution in [-0.2, 0) is 6.54 Å². The van der Waals surface area contributed by atoms with Crippen LogP contribution in [0, 0.1) is 5.92 Å². The minimum atomic E-state index is 0. The number of piperidine rings is 1. The summed E-state index contributed by atoms with van der Waals surface area (Å²) in [6, 6.07) is 2.62. The Bertz CT molecular complexity index is 370. The van der Waals surface area contributed by atoms with Crippen LogP contribution in [0.25, 0.3) is 0 Å². The zero-order valence-electron chi connectivity index (χ0n) is 13.0. The van der Waals surface area contributed by atoms with Gasteiger partial charge in [-0.2, -0.15) is 5.10 Å². The van der Waals surface area contributed by atoms with Gasteiger partial charge in [0.05, 0.1) is 5.69 Å². The van der Waals surface area contributed by atoms with E-state index < -0.39 is 0 Å². The van der Waals surface area contributed by atoms with Gasteiger partial charge in [-0.15, -0.1) is 12.4 Å². The lowest BCUT2D eigenvalue weighted by molar-refractivity contribution is 0.170. The van der Waals surface area contributed by atoms with E-state index in [4.69, 9.17) is 0 Å². The first kappa shape index (κ1) is 17.5. The van der Waals surface area contributed by atoms with Crippen LogP contribution in [0.1, 0.15) is 44.8 Å². The van der Waals surface area contributed by atoms with Crippen molar-refractivity contribution in [3.8, 4) is 0 Å². The molecule has 0 aromatic carbocycles. The molecule has 116 valence electrons. The average Bonchev–Trinajstić information content (AvgIpc) is 2.87. The summed E-state index contributed by atoms with van der Waals surface area (Å²) < 4.78 is 2.05. The quantitative estimate of drug-likeness (QED) is 0.877. The average molecular weight is 301 g/mol. The number of hydrogen-bond acceptors (Lipinski definition) is 3. The Kier molecular flexibility index (Phi) is 7.56. The fraction of sp³-hybridized carbons (Fsp3) is 0.800. The minimum Gasteiger partial charge on any atom is -0.320 e. The van der Waals surface area contributed by atoms with Crippen molar-refractivity contribution in [2.75, 3.05) is 26.7 Å². The molecule has 1 saturated heterocycles. The van der Waals surface area contributed by atoms with Crippen LogP contribution >= 0.6 is 12.4 Å². The molecule has 20 heavy (non-hydrogen) atoms. The van der Waals surface area contributed by atoms with Crippen molar-refractivity contribution in [3.63, 3.8) is 0 Å². The van der Waals surface area contributed by atoms with Crippen LogP contribution in [0.2, 0.25) is 0 Å². The largest absolute Gasteiger partial charge is 0.320 e. The summed E-state index contributed by atoms with van der Waals surface area (Å²) in [6.45, 7) is 8.96. The Morgan fingerprint density at radius 2 is 2.05 bits per heavy atom. The van der Waals surface area contributed by atoms with E-state index in [1.54, 1.807) is 0 Å². The molecule has 0 spiro atoms. The standard InChI is InChI=1S/C15H28N4.ClH/c1-13(2)19-11-7-15(17-19)12-18-9-5-14(6-10-18)4-8-16-3;/h7,11,13-14,16H,4-6,8-10,12H2,1-3H3;1H. The van der Waals surface area contributed by atoms with Crippen molar-refractivity contribution in [1.29, 1.82) is 0 Å². The normalized spacial score (nSPS) is 17.4. The second-order valence-corrected chi connectivity index (χ2v) is 5.99. The number of nitrogens with zero attached hydrogens (tertiary/aromatic N) is 3. The van der Waals surface area contributed by atoms with Gasteiger partial charge in [0, 0.05) is 18.8 Å². The molecule has 2 rings (SSSR count).